The van der Waals surface area contributed by atoms with Crippen LogP contribution < -0.4 is 55.3 Å². The number of nitrogens with zero attached hydrogens (tertiary/aromatic N) is 20. The number of fused-ring (bicyclic) bond motifs is 1. The Morgan fingerprint density at radius 2 is 0.525 bits per heavy atom. The lowest BCUT2D eigenvalue weighted by Gasteiger charge is -2.01. The maximum absolute atomic E-state index is 5.96. The molecule has 31 heteroatoms. The molecule has 0 aliphatic rings. The van der Waals surface area contributed by atoms with Gasteiger partial charge in [0.1, 0.15) is 6.33 Å². The molecule has 0 unspecified atom stereocenters. The number of nitrogens with two attached hydrogens (primary N) is 5. The Balaban J connectivity index is 0.000000474. The van der Waals surface area contributed by atoms with Crippen LogP contribution in [0.2, 0.25) is 0 Å². The fourth-order valence-electron chi connectivity index (χ4n) is 8.89. The number of hydrogen-bond donors (Lipinski definition) is 10. The number of rotatable bonds is 15. The van der Waals surface area contributed by atoms with E-state index in [1.165, 1.54) is 27.0 Å². The predicted octanol–water partition coefficient (Wildman–Crippen LogP) is 21.4. The van der Waals surface area contributed by atoms with Crippen molar-refractivity contribution < 1.29 is 0 Å². The second kappa shape index (κ2) is 60.2. The normalized spacial score (nSPS) is 9.19. The molecule has 0 saturated heterocycles. The number of nitrogen functional groups attached to an aromatic ring is 5. The van der Waals surface area contributed by atoms with Crippen molar-refractivity contribution in [1.29, 1.82) is 0 Å². The van der Waals surface area contributed by atoms with Crippen LogP contribution in [-0.2, 0) is 0 Å². The van der Waals surface area contributed by atoms with Gasteiger partial charge in [-0.15, -0.1) is 25.5 Å². The highest BCUT2D eigenvalue weighted by atomic mass is 32.1. The number of aromatic nitrogens is 20. The van der Waals surface area contributed by atoms with E-state index in [1.807, 2.05) is 375 Å². The standard InChI is InChI=1S/C15H12N6S.C14H13N5.2C13H12N6.C12H11N7.10C2H6/c16-13-19-14(17-10-6-2-1-3-7-10)20-21(13)15-18-11-8-4-5-9-12(11)22-15;15-13-17-14(16-11-7-3-1-4-8-11)18-19(13)12-9-5-2-6-10-12;14-12-17-13(16-10-6-2-1-3-7-10)18-19(12)11-8-4-5-9-15-11;14-12-17-13(16-10-4-2-1-3-5-10)18-19(12)11-6-8-15-9-7-11;13-11-17-12(16-9-4-2-1-3-5-9)18-19(11)10-6-7-14-8-15-10;10*1-2/h1-9H,(H3,16,17,19,20);1-10H,(H3,15,16,17,18);2*1-9H,(H3,14,16,17,18);1-8H,(H3,13,16,17,18);10*1-2H3. The Bertz CT molecular complexity index is 4550. The third-order valence-electron chi connectivity index (χ3n) is 13.3. The largest absolute Gasteiger partial charge is 0.368 e. The van der Waals surface area contributed by atoms with Crippen LogP contribution in [0.15, 0.2) is 274 Å². The van der Waals surface area contributed by atoms with E-state index in [1.54, 1.807) is 44.9 Å². The topological polar surface area (TPSA) is 408 Å². The molecule has 0 saturated carbocycles. The Morgan fingerprint density at radius 3 is 0.856 bits per heavy atom. The number of benzene rings is 7. The van der Waals surface area contributed by atoms with E-state index < -0.39 is 0 Å². The Hall–Kier alpha value is -14.5. The van der Waals surface area contributed by atoms with Crippen molar-refractivity contribution in [3.63, 3.8) is 0 Å². The van der Waals surface area contributed by atoms with Crippen molar-refractivity contribution >= 4 is 109 Å². The second-order valence-corrected chi connectivity index (χ2v) is 21.3. The molecular formula is C87H120N30S. The summed E-state index contributed by atoms with van der Waals surface area (Å²) in [6.45, 7) is 40.0. The number of thiazole rings is 1. The first kappa shape index (κ1) is 99.6. The van der Waals surface area contributed by atoms with Crippen LogP contribution in [0, 0.1) is 0 Å². The highest BCUT2D eigenvalue weighted by molar-refractivity contribution is 7.20. The third kappa shape index (κ3) is 32.9. The van der Waals surface area contributed by atoms with Crippen LogP contribution in [-0.4, -0.2) is 98.7 Å². The first-order chi connectivity index (χ1) is 58.1. The van der Waals surface area contributed by atoms with Crippen LogP contribution >= 0.6 is 11.3 Å². The molecule has 9 aromatic heterocycles. The van der Waals surface area contributed by atoms with Gasteiger partial charge in [-0.25, -0.2) is 19.9 Å². The Morgan fingerprint density at radius 1 is 0.246 bits per heavy atom. The van der Waals surface area contributed by atoms with Gasteiger partial charge in [0, 0.05) is 59.3 Å². The molecule has 16 rings (SSSR count). The number of para-hydroxylation sites is 7. The van der Waals surface area contributed by atoms with E-state index in [4.69, 9.17) is 28.7 Å². The Kier molecular flexibility index (Phi) is 50.8. The summed E-state index contributed by atoms with van der Waals surface area (Å²) in [6, 6.07) is 76.9. The first-order valence-electron chi connectivity index (χ1n) is 39.8. The summed E-state index contributed by atoms with van der Waals surface area (Å²) in [4.78, 5) is 41.5. The average molecular weight is 1620 g/mol. The maximum atomic E-state index is 5.96. The highest BCUT2D eigenvalue weighted by Gasteiger charge is 2.16. The van der Waals surface area contributed by atoms with Crippen molar-refractivity contribution in [2.75, 3.05) is 55.3 Å². The van der Waals surface area contributed by atoms with Gasteiger partial charge in [-0.2, -0.15) is 48.3 Å². The fraction of sp³-hybridized carbons (Fsp3) is 0.230. The molecule has 15 N–H and O–H groups in total. The average Bonchev–Trinajstić information content (AvgIpc) is 1.66. The molecule has 0 aliphatic heterocycles. The van der Waals surface area contributed by atoms with Crippen LogP contribution in [0.5, 0.6) is 0 Å². The number of hydrogen-bond acceptors (Lipinski definition) is 26. The first-order valence-corrected chi connectivity index (χ1v) is 40.6. The van der Waals surface area contributed by atoms with Gasteiger partial charge in [0.15, 0.2) is 11.6 Å². The van der Waals surface area contributed by atoms with Crippen molar-refractivity contribution in [1.82, 2.24) is 98.7 Å². The van der Waals surface area contributed by atoms with Crippen molar-refractivity contribution in [2.45, 2.75) is 138 Å². The van der Waals surface area contributed by atoms with Crippen LogP contribution in [0.4, 0.5) is 87.9 Å². The van der Waals surface area contributed by atoms with Gasteiger partial charge in [0.25, 0.3) is 0 Å². The molecule has 30 nitrogen and oxygen atoms in total. The molecule has 7 aromatic carbocycles. The smallest absolute Gasteiger partial charge is 0.248 e. The monoisotopic (exact) mass is 1620 g/mol. The van der Waals surface area contributed by atoms with E-state index in [-0.39, 0.29) is 11.9 Å². The lowest BCUT2D eigenvalue weighted by Crippen LogP contribution is -2.04. The van der Waals surface area contributed by atoms with E-state index in [9.17, 15) is 0 Å². The molecule has 0 bridgehead atoms. The molecular weight excluding hydrogens is 1500 g/mol. The molecule has 0 radical (unpaired) electrons. The summed E-state index contributed by atoms with van der Waals surface area (Å²) in [6.07, 6.45) is 8.09. The molecule has 0 atom stereocenters. The van der Waals surface area contributed by atoms with Crippen LogP contribution in [0.1, 0.15) is 138 Å². The second-order valence-electron chi connectivity index (χ2n) is 20.2. The van der Waals surface area contributed by atoms with Gasteiger partial charge < -0.3 is 55.3 Å². The molecule has 118 heavy (non-hydrogen) atoms. The number of anilines is 15. The van der Waals surface area contributed by atoms with E-state index in [2.05, 4.69) is 102 Å². The van der Waals surface area contributed by atoms with E-state index in [0.717, 1.165) is 50.0 Å². The van der Waals surface area contributed by atoms with Gasteiger partial charge in [-0.3, -0.25) is 4.98 Å². The van der Waals surface area contributed by atoms with Crippen molar-refractivity contribution in [3.8, 4) is 28.1 Å². The maximum Gasteiger partial charge on any atom is 0.248 e. The lowest BCUT2D eigenvalue weighted by molar-refractivity contribution is 0.851. The summed E-state index contributed by atoms with van der Waals surface area (Å²) in [7, 11) is 0. The number of nitrogens with one attached hydrogen (secondary N) is 5. The minimum Gasteiger partial charge on any atom is -0.368 e. The molecule has 0 amide bonds. The summed E-state index contributed by atoms with van der Waals surface area (Å²) >= 11 is 1.53. The van der Waals surface area contributed by atoms with Gasteiger partial charge in [-0.1, -0.05) is 277 Å². The minimum atomic E-state index is 0.261. The van der Waals surface area contributed by atoms with E-state index in [0.29, 0.717) is 64.4 Å². The SMILES string of the molecule is CC.CC.CC.CC.CC.CC.CC.CC.CC.CC.Nc1nc(Nc2ccccc2)nn1-c1ccccc1.Nc1nc(Nc2ccccc2)nn1-c1ccccn1.Nc1nc(Nc2ccccc2)nn1-c1ccncc1.Nc1nc(Nc2ccccc2)nn1-c1ccncn1.Nc1nc(Nc2ccccc2)nn1-c1nc2ccccc2s1. The summed E-state index contributed by atoms with van der Waals surface area (Å²) < 4.78 is 8.75. The minimum absolute atomic E-state index is 0.261. The quantitative estimate of drug-likeness (QED) is 0.0456. The van der Waals surface area contributed by atoms with Crippen molar-refractivity contribution in [2.24, 2.45) is 0 Å². The van der Waals surface area contributed by atoms with E-state index >= 15 is 0 Å². The molecule has 16 aromatic rings. The number of pyridine rings is 2. The molecule has 0 fully saturated rings. The van der Waals surface area contributed by atoms with Crippen molar-refractivity contribution in [3.05, 3.63) is 274 Å². The van der Waals surface area contributed by atoms with Gasteiger partial charge >= 0.3 is 0 Å². The molecule has 9 heterocycles. The molecule has 0 spiro atoms. The highest BCUT2D eigenvalue weighted by Crippen LogP contribution is 2.27. The fourth-order valence-corrected chi connectivity index (χ4v) is 9.82. The summed E-state index contributed by atoms with van der Waals surface area (Å²) in [5, 5.41) is 37.8. The zero-order chi connectivity index (χ0) is 87.3. The predicted molar refractivity (Wildman–Crippen MR) is 495 cm³/mol. The summed E-state index contributed by atoms with van der Waals surface area (Å²) in [5.74, 6) is 4.98. The zero-order valence-corrected chi connectivity index (χ0v) is 72.5. The van der Waals surface area contributed by atoms with Gasteiger partial charge in [0.2, 0.25) is 64.6 Å². The zero-order valence-electron chi connectivity index (χ0n) is 71.7. The molecule has 624 valence electrons. The Labute approximate surface area is 700 Å². The van der Waals surface area contributed by atoms with Crippen LogP contribution in [0.25, 0.3) is 38.4 Å². The van der Waals surface area contributed by atoms with Crippen LogP contribution in [0.3, 0.4) is 0 Å². The van der Waals surface area contributed by atoms with Gasteiger partial charge in [0.05, 0.1) is 21.6 Å². The third-order valence-corrected chi connectivity index (χ3v) is 14.3. The summed E-state index contributed by atoms with van der Waals surface area (Å²) in [5.41, 5.74) is 36.5. The van der Waals surface area contributed by atoms with Gasteiger partial charge in [-0.05, 0) is 109 Å². The molecule has 0 aliphatic carbocycles. The lowest BCUT2D eigenvalue weighted by atomic mass is 10.3.